The molecule has 0 fully saturated rings. The largest absolute Gasteiger partial charge is 0.481 e. The quantitative estimate of drug-likeness (QED) is 0.876. The Kier molecular flexibility index (Phi) is 3.14. The maximum atomic E-state index is 13.2. The lowest BCUT2D eigenvalue weighted by atomic mass is 10.00. The van der Waals surface area contributed by atoms with Crippen LogP contribution in [-0.4, -0.2) is 21.3 Å². The van der Waals surface area contributed by atoms with Gasteiger partial charge in [0.2, 0.25) is 0 Å². The highest BCUT2D eigenvalue weighted by Gasteiger charge is 2.15. The Morgan fingerprint density at radius 2 is 2.17 bits per heavy atom. The molecule has 18 heavy (non-hydrogen) atoms. The van der Waals surface area contributed by atoms with Gasteiger partial charge in [-0.3, -0.25) is 9.89 Å². The van der Waals surface area contributed by atoms with Gasteiger partial charge in [-0.25, -0.2) is 4.39 Å². The van der Waals surface area contributed by atoms with Gasteiger partial charge in [0.1, 0.15) is 5.82 Å². The number of benzene rings is 1. The van der Waals surface area contributed by atoms with Gasteiger partial charge in [-0.15, -0.1) is 0 Å². The Bertz CT molecular complexity index is 605. The first-order valence-corrected chi connectivity index (χ1v) is 5.51. The summed E-state index contributed by atoms with van der Waals surface area (Å²) >= 11 is 0. The highest BCUT2D eigenvalue weighted by atomic mass is 19.1. The van der Waals surface area contributed by atoms with Crippen LogP contribution in [0.5, 0.6) is 0 Å². The Labute approximate surface area is 103 Å². The first-order valence-electron chi connectivity index (χ1n) is 5.51. The number of aromatic amines is 1. The lowest BCUT2D eigenvalue weighted by Crippen LogP contribution is -2.02. The van der Waals surface area contributed by atoms with Gasteiger partial charge in [0.25, 0.3) is 0 Å². The van der Waals surface area contributed by atoms with Crippen LogP contribution < -0.4 is 0 Å². The van der Waals surface area contributed by atoms with E-state index >= 15 is 0 Å². The van der Waals surface area contributed by atoms with E-state index in [0.717, 1.165) is 16.8 Å². The van der Waals surface area contributed by atoms with E-state index < -0.39 is 5.97 Å². The molecule has 0 amide bonds. The van der Waals surface area contributed by atoms with E-state index in [2.05, 4.69) is 10.2 Å². The molecule has 0 aliphatic rings. The van der Waals surface area contributed by atoms with Crippen molar-refractivity contribution in [2.75, 3.05) is 0 Å². The van der Waals surface area contributed by atoms with Crippen molar-refractivity contribution < 1.29 is 14.3 Å². The minimum Gasteiger partial charge on any atom is -0.481 e. The molecule has 1 aromatic heterocycles. The molecule has 0 bridgehead atoms. The van der Waals surface area contributed by atoms with E-state index in [4.69, 9.17) is 5.11 Å². The van der Waals surface area contributed by atoms with Crippen molar-refractivity contribution in [2.45, 2.75) is 20.3 Å². The molecule has 0 aliphatic carbocycles. The van der Waals surface area contributed by atoms with Crippen LogP contribution in [0.25, 0.3) is 11.1 Å². The Hall–Kier alpha value is -2.17. The summed E-state index contributed by atoms with van der Waals surface area (Å²) in [6.07, 6.45) is -0.157. The summed E-state index contributed by atoms with van der Waals surface area (Å²) in [4.78, 5) is 10.8. The van der Waals surface area contributed by atoms with Crippen LogP contribution in [0.3, 0.4) is 0 Å². The molecule has 0 aliphatic heterocycles. The third kappa shape index (κ3) is 2.25. The summed E-state index contributed by atoms with van der Waals surface area (Å²) in [5.74, 6) is -1.22. The average molecular weight is 248 g/mol. The van der Waals surface area contributed by atoms with Gasteiger partial charge in [-0.2, -0.15) is 5.10 Å². The van der Waals surface area contributed by atoms with Crippen molar-refractivity contribution >= 4 is 5.97 Å². The number of H-pyrrole nitrogens is 1. The third-order valence-corrected chi connectivity index (χ3v) is 2.79. The predicted molar refractivity (Wildman–Crippen MR) is 64.8 cm³/mol. The number of carboxylic acids is 1. The number of aromatic nitrogens is 2. The lowest BCUT2D eigenvalue weighted by Gasteiger charge is -2.05. The molecular formula is C13H13FN2O2. The molecule has 0 saturated heterocycles. The molecule has 0 radical (unpaired) electrons. The highest BCUT2D eigenvalue weighted by molar-refractivity contribution is 5.76. The van der Waals surface area contributed by atoms with Crippen molar-refractivity contribution in [2.24, 2.45) is 0 Å². The molecule has 1 aromatic carbocycles. The van der Waals surface area contributed by atoms with Gasteiger partial charge in [-0.1, -0.05) is 6.07 Å². The monoisotopic (exact) mass is 248 g/mol. The van der Waals surface area contributed by atoms with Crippen LogP contribution >= 0.6 is 0 Å². The molecule has 4 nitrogen and oxygen atoms in total. The van der Waals surface area contributed by atoms with E-state index in [-0.39, 0.29) is 12.2 Å². The average Bonchev–Trinajstić information content (AvgIpc) is 2.63. The normalized spacial score (nSPS) is 10.6. The minimum absolute atomic E-state index is 0.157. The number of hydrogen-bond donors (Lipinski definition) is 2. The molecule has 1 heterocycles. The van der Waals surface area contributed by atoms with Crippen molar-refractivity contribution in [3.63, 3.8) is 0 Å². The molecule has 2 aromatic rings. The van der Waals surface area contributed by atoms with Gasteiger partial charge in [-0.05, 0) is 37.1 Å². The molecule has 0 saturated carbocycles. The second-order valence-corrected chi connectivity index (χ2v) is 4.20. The van der Waals surface area contributed by atoms with Crippen molar-refractivity contribution in [3.05, 3.63) is 41.0 Å². The Morgan fingerprint density at radius 3 is 2.78 bits per heavy atom. The minimum atomic E-state index is -0.943. The topological polar surface area (TPSA) is 66.0 Å². The van der Waals surface area contributed by atoms with E-state index in [1.54, 1.807) is 19.1 Å². The Morgan fingerprint density at radius 1 is 1.44 bits per heavy atom. The molecule has 2 rings (SSSR count). The summed E-state index contributed by atoms with van der Waals surface area (Å²) in [6, 6.07) is 4.70. The summed E-state index contributed by atoms with van der Waals surface area (Å²) in [5, 5.41) is 15.6. The van der Waals surface area contributed by atoms with Gasteiger partial charge >= 0.3 is 5.97 Å². The number of aryl methyl sites for hydroxylation is 2. The first kappa shape index (κ1) is 12.3. The smallest absolute Gasteiger partial charge is 0.309 e. The lowest BCUT2D eigenvalue weighted by molar-refractivity contribution is -0.136. The molecule has 5 heteroatoms. The highest BCUT2D eigenvalue weighted by Crippen LogP contribution is 2.27. The van der Waals surface area contributed by atoms with Crippen LogP contribution in [0.1, 0.15) is 17.0 Å². The maximum Gasteiger partial charge on any atom is 0.309 e. The van der Waals surface area contributed by atoms with E-state index in [1.165, 1.54) is 6.07 Å². The summed E-state index contributed by atoms with van der Waals surface area (Å²) < 4.78 is 13.2. The molecule has 0 atom stereocenters. The fourth-order valence-electron chi connectivity index (χ4n) is 1.93. The molecule has 0 spiro atoms. The van der Waals surface area contributed by atoms with Crippen molar-refractivity contribution in [1.82, 2.24) is 10.2 Å². The fraction of sp³-hybridized carbons (Fsp3) is 0.231. The van der Waals surface area contributed by atoms with Crippen LogP contribution in [-0.2, 0) is 11.2 Å². The van der Waals surface area contributed by atoms with Gasteiger partial charge in [0, 0.05) is 11.3 Å². The molecule has 94 valence electrons. The zero-order valence-corrected chi connectivity index (χ0v) is 10.1. The zero-order chi connectivity index (χ0) is 13.3. The number of halogens is 1. The van der Waals surface area contributed by atoms with Crippen LogP contribution in [0.15, 0.2) is 18.2 Å². The molecule has 2 N–H and O–H groups in total. The van der Waals surface area contributed by atoms with E-state index in [1.807, 2.05) is 6.92 Å². The zero-order valence-electron chi connectivity index (χ0n) is 10.1. The summed E-state index contributed by atoms with van der Waals surface area (Å²) in [5.41, 5.74) is 3.27. The standard InChI is InChI=1S/C13H13FN2O2/c1-7-5-9(3-4-10(7)14)13-8(2)15-16-11(13)6-12(17)18/h3-5H,6H2,1-2H3,(H,15,16)(H,17,18). The fourth-order valence-corrected chi connectivity index (χ4v) is 1.93. The van der Waals surface area contributed by atoms with Gasteiger partial charge < -0.3 is 5.11 Å². The predicted octanol–water partition coefficient (Wildman–Crippen LogP) is 2.46. The number of hydrogen-bond acceptors (Lipinski definition) is 2. The summed E-state index contributed by atoms with van der Waals surface area (Å²) in [6.45, 7) is 3.48. The number of rotatable bonds is 3. The second kappa shape index (κ2) is 4.60. The van der Waals surface area contributed by atoms with Gasteiger partial charge in [0.15, 0.2) is 0 Å². The van der Waals surface area contributed by atoms with Crippen molar-refractivity contribution in [1.29, 1.82) is 0 Å². The molecular weight excluding hydrogens is 235 g/mol. The van der Waals surface area contributed by atoms with Crippen LogP contribution in [0.2, 0.25) is 0 Å². The second-order valence-electron chi connectivity index (χ2n) is 4.20. The van der Waals surface area contributed by atoms with Crippen LogP contribution in [0.4, 0.5) is 4.39 Å². The first-order chi connectivity index (χ1) is 8.49. The maximum absolute atomic E-state index is 13.2. The third-order valence-electron chi connectivity index (χ3n) is 2.79. The molecule has 0 unspecified atom stereocenters. The number of carbonyl (C=O) groups is 1. The number of carboxylic acid groups (broad SMARTS) is 1. The Balaban J connectivity index is 2.52. The van der Waals surface area contributed by atoms with E-state index in [0.29, 0.717) is 11.3 Å². The van der Waals surface area contributed by atoms with Gasteiger partial charge in [0.05, 0.1) is 12.1 Å². The SMILES string of the molecule is Cc1cc(-c2c(CC(=O)O)n[nH]c2C)ccc1F. The number of nitrogens with zero attached hydrogens (tertiary/aromatic N) is 1. The van der Waals surface area contributed by atoms with Crippen molar-refractivity contribution in [3.8, 4) is 11.1 Å². The number of aliphatic carboxylic acids is 1. The van der Waals surface area contributed by atoms with Crippen LogP contribution in [0, 0.1) is 19.7 Å². The number of nitrogens with one attached hydrogen (secondary N) is 1. The summed E-state index contributed by atoms with van der Waals surface area (Å²) in [7, 11) is 0. The van der Waals surface area contributed by atoms with E-state index in [9.17, 15) is 9.18 Å².